The number of carbonyl (C=O) groups is 1. The Morgan fingerprint density at radius 1 is 1.19 bits per heavy atom. The minimum atomic E-state index is -0.298. The lowest BCUT2D eigenvalue weighted by Crippen LogP contribution is -2.20. The van der Waals surface area contributed by atoms with E-state index in [1.54, 1.807) is 19.2 Å². The topological polar surface area (TPSA) is 64.1 Å². The van der Waals surface area contributed by atoms with Crippen molar-refractivity contribution in [1.29, 1.82) is 0 Å². The predicted molar refractivity (Wildman–Crippen MR) is 104 cm³/mol. The maximum Gasteiger partial charge on any atom is 0.259 e. The zero-order valence-electron chi connectivity index (χ0n) is 14.6. The number of carbonyl (C=O) groups excluding carboxylic acids is 1. The maximum absolute atomic E-state index is 12.3. The fourth-order valence-corrected chi connectivity index (χ4v) is 3.44. The van der Waals surface area contributed by atoms with Crippen LogP contribution >= 0.6 is 22.9 Å². The summed E-state index contributed by atoms with van der Waals surface area (Å²) < 4.78 is 5.21. The van der Waals surface area contributed by atoms with E-state index in [1.165, 1.54) is 17.5 Å². The molecule has 0 bridgehead atoms. The van der Waals surface area contributed by atoms with Crippen molar-refractivity contribution in [2.75, 3.05) is 12.4 Å². The third kappa shape index (κ3) is 3.86. The number of benzene rings is 1. The molecule has 0 spiro atoms. The molecule has 2 aromatic heterocycles. The molecule has 0 unspecified atom stereocenters. The lowest BCUT2D eigenvalue weighted by molar-refractivity contribution is 0.102. The van der Waals surface area contributed by atoms with E-state index in [9.17, 15) is 4.79 Å². The number of halogens is 1. The van der Waals surface area contributed by atoms with Gasteiger partial charge in [-0.2, -0.15) is 0 Å². The molecule has 0 aliphatic carbocycles. The lowest BCUT2D eigenvalue weighted by atomic mass is 9.82. The zero-order valence-corrected chi connectivity index (χ0v) is 16.2. The number of nitrogens with one attached hydrogen (secondary N) is 1. The Morgan fingerprint density at radius 2 is 1.92 bits per heavy atom. The molecule has 1 amide bonds. The molecule has 0 fully saturated rings. The number of rotatable bonds is 5. The summed E-state index contributed by atoms with van der Waals surface area (Å²) in [6, 6.07) is 11.1. The largest absolute Gasteiger partial charge is 0.497 e. The van der Waals surface area contributed by atoms with Crippen molar-refractivity contribution in [3.8, 4) is 5.75 Å². The van der Waals surface area contributed by atoms with Crippen LogP contribution in [-0.4, -0.2) is 23.0 Å². The van der Waals surface area contributed by atoms with Gasteiger partial charge in [0.15, 0.2) is 5.13 Å². The number of methoxy groups -OCH3 is 1. The van der Waals surface area contributed by atoms with E-state index in [0.29, 0.717) is 15.8 Å². The van der Waals surface area contributed by atoms with Gasteiger partial charge in [0.1, 0.15) is 10.9 Å². The Bertz CT molecular complexity index is 905. The van der Waals surface area contributed by atoms with Crippen molar-refractivity contribution in [3.63, 3.8) is 0 Å². The Balaban J connectivity index is 1.77. The summed E-state index contributed by atoms with van der Waals surface area (Å²) in [5.74, 6) is 0.546. The average Bonchev–Trinajstić information content (AvgIpc) is 3.11. The summed E-state index contributed by atoms with van der Waals surface area (Å²) >= 11 is 7.14. The van der Waals surface area contributed by atoms with Gasteiger partial charge in [-0.1, -0.05) is 37.6 Å². The molecule has 1 N–H and O–H groups in total. The van der Waals surface area contributed by atoms with Crippen LogP contribution in [0.4, 0.5) is 5.13 Å². The molecule has 3 aromatic rings. The van der Waals surface area contributed by atoms with Crippen LogP contribution in [0.2, 0.25) is 5.15 Å². The molecule has 0 aliphatic rings. The van der Waals surface area contributed by atoms with Crippen LogP contribution in [0, 0.1) is 0 Å². The quantitative estimate of drug-likeness (QED) is 0.640. The molecule has 134 valence electrons. The normalized spacial score (nSPS) is 11.2. The zero-order chi connectivity index (χ0) is 18.7. The second-order valence-corrected chi connectivity index (χ2v) is 7.46. The van der Waals surface area contributed by atoms with Crippen molar-refractivity contribution < 1.29 is 9.53 Å². The first-order chi connectivity index (χ1) is 12.4. The second kappa shape index (κ2) is 7.43. The van der Waals surface area contributed by atoms with E-state index < -0.39 is 0 Å². The SMILES string of the molecule is COc1ccc(C(C)(C)c2csc(NC(=O)c3ccc(Cl)nc3)n2)cc1. The lowest BCUT2D eigenvalue weighted by Gasteiger charge is -2.23. The van der Waals surface area contributed by atoms with E-state index in [1.807, 2.05) is 29.6 Å². The van der Waals surface area contributed by atoms with Crippen molar-refractivity contribution in [1.82, 2.24) is 9.97 Å². The van der Waals surface area contributed by atoms with Crippen LogP contribution < -0.4 is 10.1 Å². The Morgan fingerprint density at radius 3 is 2.54 bits per heavy atom. The first kappa shape index (κ1) is 18.4. The van der Waals surface area contributed by atoms with Gasteiger partial charge in [0.25, 0.3) is 5.91 Å². The van der Waals surface area contributed by atoms with Crippen molar-refractivity contribution in [2.24, 2.45) is 0 Å². The molecule has 0 saturated carbocycles. The molecule has 26 heavy (non-hydrogen) atoms. The number of ether oxygens (including phenoxy) is 1. The molecule has 0 saturated heterocycles. The molecule has 3 rings (SSSR count). The Kier molecular flexibility index (Phi) is 5.25. The van der Waals surface area contributed by atoms with E-state index in [-0.39, 0.29) is 11.3 Å². The van der Waals surface area contributed by atoms with Crippen LogP contribution in [0.3, 0.4) is 0 Å². The fraction of sp³-hybridized carbons (Fsp3) is 0.211. The molecule has 5 nitrogen and oxygen atoms in total. The van der Waals surface area contributed by atoms with E-state index in [4.69, 9.17) is 16.3 Å². The van der Waals surface area contributed by atoms with Crippen LogP contribution in [0.15, 0.2) is 48.0 Å². The van der Waals surface area contributed by atoms with Crippen LogP contribution in [0.25, 0.3) is 0 Å². The summed E-state index contributed by atoms with van der Waals surface area (Å²) in [5, 5.41) is 5.65. The van der Waals surface area contributed by atoms with Crippen molar-refractivity contribution in [2.45, 2.75) is 19.3 Å². The van der Waals surface area contributed by atoms with Gasteiger partial charge >= 0.3 is 0 Å². The summed E-state index contributed by atoms with van der Waals surface area (Å²) in [6.45, 7) is 4.19. The van der Waals surface area contributed by atoms with E-state index in [2.05, 4.69) is 29.1 Å². The highest BCUT2D eigenvalue weighted by molar-refractivity contribution is 7.14. The predicted octanol–water partition coefficient (Wildman–Crippen LogP) is 4.78. The van der Waals surface area contributed by atoms with Crippen molar-refractivity contribution in [3.05, 3.63) is 69.9 Å². The number of hydrogen-bond donors (Lipinski definition) is 1. The number of hydrogen-bond acceptors (Lipinski definition) is 5. The molecule has 0 atom stereocenters. The van der Waals surface area contributed by atoms with E-state index >= 15 is 0 Å². The van der Waals surface area contributed by atoms with Gasteiger partial charge in [-0.15, -0.1) is 11.3 Å². The van der Waals surface area contributed by atoms with Crippen LogP contribution in [0.1, 0.15) is 35.5 Å². The summed E-state index contributed by atoms with van der Waals surface area (Å²) in [5.41, 5.74) is 2.13. The number of nitrogens with zero attached hydrogens (tertiary/aromatic N) is 2. The number of anilines is 1. The van der Waals surface area contributed by atoms with Gasteiger partial charge in [0.2, 0.25) is 0 Å². The molecule has 1 aromatic carbocycles. The fourth-order valence-electron chi connectivity index (χ4n) is 2.45. The number of aromatic nitrogens is 2. The van der Waals surface area contributed by atoms with Crippen LogP contribution in [0.5, 0.6) is 5.75 Å². The van der Waals surface area contributed by atoms with Gasteiger partial charge in [-0.25, -0.2) is 9.97 Å². The van der Waals surface area contributed by atoms with Crippen molar-refractivity contribution >= 4 is 34.0 Å². The maximum atomic E-state index is 12.3. The highest BCUT2D eigenvalue weighted by Crippen LogP contribution is 2.34. The number of pyridine rings is 1. The first-order valence-corrected chi connectivity index (χ1v) is 9.19. The number of amides is 1. The minimum Gasteiger partial charge on any atom is -0.497 e. The van der Waals surface area contributed by atoms with Gasteiger partial charge in [-0.3, -0.25) is 10.1 Å². The standard InChI is InChI=1S/C19H18ClN3O2S/c1-19(2,13-5-7-14(25-3)8-6-13)15-11-26-18(22-15)23-17(24)12-4-9-16(20)21-10-12/h4-11H,1-3H3,(H,22,23,24). The van der Waals surface area contributed by atoms with Gasteiger partial charge in [0.05, 0.1) is 18.4 Å². The Labute approximate surface area is 161 Å². The molecule has 0 radical (unpaired) electrons. The molecular formula is C19H18ClN3O2S. The highest BCUT2D eigenvalue weighted by atomic mass is 35.5. The Hall–Kier alpha value is -2.44. The molecule has 0 aliphatic heterocycles. The van der Waals surface area contributed by atoms with Gasteiger partial charge in [0, 0.05) is 17.0 Å². The average molecular weight is 388 g/mol. The summed E-state index contributed by atoms with van der Waals surface area (Å²) in [6.07, 6.45) is 1.44. The molecule has 2 heterocycles. The molecule has 7 heteroatoms. The van der Waals surface area contributed by atoms with Crippen LogP contribution in [-0.2, 0) is 5.41 Å². The van der Waals surface area contributed by atoms with Gasteiger partial charge < -0.3 is 4.74 Å². The number of thiazole rings is 1. The summed E-state index contributed by atoms with van der Waals surface area (Å²) in [7, 11) is 1.64. The third-order valence-corrected chi connectivity index (χ3v) is 5.15. The molecular weight excluding hydrogens is 370 g/mol. The highest BCUT2D eigenvalue weighted by Gasteiger charge is 2.26. The minimum absolute atomic E-state index is 0.266. The van der Waals surface area contributed by atoms with Gasteiger partial charge in [-0.05, 0) is 29.8 Å². The second-order valence-electron chi connectivity index (χ2n) is 6.22. The first-order valence-electron chi connectivity index (χ1n) is 7.93. The summed E-state index contributed by atoms with van der Waals surface area (Å²) in [4.78, 5) is 20.8. The van der Waals surface area contributed by atoms with E-state index in [0.717, 1.165) is 17.0 Å². The monoisotopic (exact) mass is 387 g/mol. The smallest absolute Gasteiger partial charge is 0.259 e. The third-order valence-electron chi connectivity index (χ3n) is 4.17.